The highest BCUT2D eigenvalue weighted by atomic mass is 16.3. The number of amides is 1. The molecule has 1 aromatic carbocycles. The largest absolute Gasteiger partial charge is 0.508 e. The molecule has 5 N–H and O–H groups in total. The molecular formula is C14H20N2O3. The monoisotopic (exact) mass is 264 g/mol. The number of aromatic hydroxyl groups is 2. The van der Waals surface area contributed by atoms with E-state index in [0.717, 1.165) is 31.2 Å². The van der Waals surface area contributed by atoms with Crippen LogP contribution in [-0.2, 0) is 11.3 Å². The first-order chi connectivity index (χ1) is 9.06. The molecule has 0 bridgehead atoms. The van der Waals surface area contributed by atoms with Gasteiger partial charge in [-0.25, -0.2) is 0 Å². The van der Waals surface area contributed by atoms with Crippen molar-refractivity contribution < 1.29 is 15.0 Å². The molecule has 2 rings (SSSR count). The van der Waals surface area contributed by atoms with Crippen molar-refractivity contribution in [2.45, 2.75) is 38.3 Å². The van der Waals surface area contributed by atoms with Crippen LogP contribution in [0.25, 0.3) is 0 Å². The van der Waals surface area contributed by atoms with Crippen molar-refractivity contribution in [3.05, 3.63) is 23.8 Å². The summed E-state index contributed by atoms with van der Waals surface area (Å²) < 4.78 is 0. The third-order valence-electron chi connectivity index (χ3n) is 3.78. The lowest BCUT2D eigenvalue weighted by atomic mass is 9.85. The molecule has 0 saturated heterocycles. The van der Waals surface area contributed by atoms with E-state index in [0.29, 0.717) is 12.6 Å². The molecule has 1 aliphatic carbocycles. The first-order valence-corrected chi connectivity index (χ1v) is 6.60. The standard InChI is InChI=1S/C14H20N2O3/c15-14(19)9-1-4-11(5-2-9)16-8-10-3-6-12(17)7-13(10)18/h3,6-7,9,11,16-18H,1-2,4-5,8H2,(H2,15,19). The van der Waals surface area contributed by atoms with E-state index in [1.165, 1.54) is 6.07 Å². The van der Waals surface area contributed by atoms with Crippen LogP contribution in [0.5, 0.6) is 11.5 Å². The minimum Gasteiger partial charge on any atom is -0.508 e. The maximum Gasteiger partial charge on any atom is 0.220 e. The summed E-state index contributed by atoms with van der Waals surface area (Å²) in [6, 6.07) is 4.94. The average molecular weight is 264 g/mol. The highest BCUT2D eigenvalue weighted by molar-refractivity contribution is 5.76. The molecule has 1 fully saturated rings. The SMILES string of the molecule is NC(=O)C1CCC(NCc2ccc(O)cc2O)CC1. The summed E-state index contributed by atoms with van der Waals surface area (Å²) in [7, 11) is 0. The zero-order valence-electron chi connectivity index (χ0n) is 10.8. The van der Waals surface area contributed by atoms with E-state index < -0.39 is 0 Å². The minimum absolute atomic E-state index is 0.0140. The average Bonchev–Trinajstić information content (AvgIpc) is 2.38. The lowest BCUT2D eigenvalue weighted by Gasteiger charge is -2.27. The van der Waals surface area contributed by atoms with Gasteiger partial charge in [0, 0.05) is 30.1 Å². The Bertz CT molecular complexity index is 454. The van der Waals surface area contributed by atoms with E-state index in [9.17, 15) is 15.0 Å². The fraction of sp³-hybridized carbons (Fsp3) is 0.500. The lowest BCUT2D eigenvalue weighted by Crippen LogP contribution is -2.36. The number of phenolic OH excluding ortho intramolecular Hbond substituents is 2. The van der Waals surface area contributed by atoms with Gasteiger partial charge in [-0.1, -0.05) is 6.07 Å². The van der Waals surface area contributed by atoms with Crippen molar-refractivity contribution in [1.82, 2.24) is 5.32 Å². The van der Waals surface area contributed by atoms with Crippen LogP contribution in [0, 0.1) is 5.92 Å². The Morgan fingerprint density at radius 2 is 1.95 bits per heavy atom. The fourth-order valence-electron chi connectivity index (χ4n) is 2.54. The zero-order chi connectivity index (χ0) is 13.8. The first kappa shape index (κ1) is 13.7. The van der Waals surface area contributed by atoms with Gasteiger partial charge in [-0.2, -0.15) is 0 Å². The van der Waals surface area contributed by atoms with E-state index in [4.69, 9.17) is 5.73 Å². The summed E-state index contributed by atoms with van der Waals surface area (Å²) >= 11 is 0. The Hall–Kier alpha value is -1.75. The number of carbonyl (C=O) groups is 1. The van der Waals surface area contributed by atoms with Gasteiger partial charge in [0.15, 0.2) is 0 Å². The predicted octanol–water partition coefficient (Wildman–Crippen LogP) is 1.23. The molecule has 0 atom stereocenters. The molecule has 0 aromatic heterocycles. The van der Waals surface area contributed by atoms with Crippen molar-refractivity contribution in [3.8, 4) is 11.5 Å². The lowest BCUT2D eigenvalue weighted by molar-refractivity contribution is -0.122. The summed E-state index contributed by atoms with van der Waals surface area (Å²) in [6.07, 6.45) is 3.50. The van der Waals surface area contributed by atoms with Crippen LogP contribution >= 0.6 is 0 Å². The number of nitrogens with one attached hydrogen (secondary N) is 1. The molecule has 1 aliphatic rings. The van der Waals surface area contributed by atoms with Crippen molar-refractivity contribution in [3.63, 3.8) is 0 Å². The Morgan fingerprint density at radius 3 is 2.53 bits per heavy atom. The number of primary amides is 1. The van der Waals surface area contributed by atoms with Crippen LogP contribution in [0.4, 0.5) is 0 Å². The van der Waals surface area contributed by atoms with Gasteiger partial charge in [-0.15, -0.1) is 0 Å². The molecule has 0 spiro atoms. The van der Waals surface area contributed by atoms with Gasteiger partial charge in [-0.3, -0.25) is 4.79 Å². The fourth-order valence-corrected chi connectivity index (χ4v) is 2.54. The molecule has 5 nitrogen and oxygen atoms in total. The summed E-state index contributed by atoms with van der Waals surface area (Å²) in [5.41, 5.74) is 6.05. The summed E-state index contributed by atoms with van der Waals surface area (Å²) in [4.78, 5) is 11.1. The molecule has 1 amide bonds. The number of rotatable bonds is 4. The van der Waals surface area contributed by atoms with E-state index >= 15 is 0 Å². The highest BCUT2D eigenvalue weighted by Crippen LogP contribution is 2.26. The molecule has 5 heteroatoms. The number of nitrogens with two attached hydrogens (primary N) is 1. The van der Waals surface area contributed by atoms with Gasteiger partial charge in [0.1, 0.15) is 11.5 Å². The number of phenols is 2. The van der Waals surface area contributed by atoms with Crippen molar-refractivity contribution in [1.29, 1.82) is 0 Å². The van der Waals surface area contributed by atoms with Crippen molar-refractivity contribution in [2.75, 3.05) is 0 Å². The Labute approximate surface area is 112 Å². The van der Waals surface area contributed by atoms with E-state index in [2.05, 4.69) is 5.32 Å². The van der Waals surface area contributed by atoms with Crippen LogP contribution in [0.1, 0.15) is 31.2 Å². The van der Waals surface area contributed by atoms with Crippen LogP contribution in [0.15, 0.2) is 18.2 Å². The van der Waals surface area contributed by atoms with Gasteiger partial charge >= 0.3 is 0 Å². The van der Waals surface area contributed by atoms with Crippen molar-refractivity contribution >= 4 is 5.91 Å². The summed E-state index contributed by atoms with van der Waals surface area (Å²) in [5, 5.41) is 22.2. The number of hydrogen-bond acceptors (Lipinski definition) is 4. The molecule has 0 radical (unpaired) electrons. The summed E-state index contributed by atoms with van der Waals surface area (Å²) in [6.45, 7) is 0.554. The van der Waals surface area contributed by atoms with E-state index in [1.54, 1.807) is 12.1 Å². The molecule has 19 heavy (non-hydrogen) atoms. The van der Waals surface area contributed by atoms with Crippen LogP contribution in [0.3, 0.4) is 0 Å². The second kappa shape index (κ2) is 5.93. The van der Waals surface area contributed by atoms with Crippen molar-refractivity contribution in [2.24, 2.45) is 11.7 Å². The van der Waals surface area contributed by atoms with Crippen LogP contribution in [0.2, 0.25) is 0 Å². The van der Waals surface area contributed by atoms with Crippen LogP contribution < -0.4 is 11.1 Å². The van der Waals surface area contributed by atoms with Gasteiger partial charge in [-0.05, 0) is 31.7 Å². The molecule has 1 aromatic rings. The second-order valence-corrected chi connectivity index (χ2v) is 5.14. The minimum atomic E-state index is -0.199. The van der Waals surface area contributed by atoms with E-state index in [1.807, 2.05) is 0 Å². The highest BCUT2D eigenvalue weighted by Gasteiger charge is 2.24. The molecule has 104 valence electrons. The quantitative estimate of drug-likeness (QED) is 0.657. The van der Waals surface area contributed by atoms with Gasteiger partial charge < -0.3 is 21.3 Å². The molecule has 1 saturated carbocycles. The Kier molecular flexibility index (Phi) is 4.27. The number of benzene rings is 1. The maximum atomic E-state index is 11.1. The molecule has 0 unspecified atom stereocenters. The molecular weight excluding hydrogens is 244 g/mol. The molecule has 0 heterocycles. The second-order valence-electron chi connectivity index (χ2n) is 5.14. The zero-order valence-corrected chi connectivity index (χ0v) is 10.8. The third kappa shape index (κ3) is 3.61. The van der Waals surface area contributed by atoms with E-state index in [-0.39, 0.29) is 23.3 Å². The van der Waals surface area contributed by atoms with Gasteiger partial charge in [0.05, 0.1) is 0 Å². The normalized spacial score (nSPS) is 23.2. The Morgan fingerprint density at radius 1 is 1.26 bits per heavy atom. The Balaban J connectivity index is 1.82. The number of carbonyl (C=O) groups excluding carboxylic acids is 1. The first-order valence-electron chi connectivity index (χ1n) is 6.60. The summed E-state index contributed by atoms with van der Waals surface area (Å²) in [5.74, 6) is -0.0312. The smallest absolute Gasteiger partial charge is 0.220 e. The number of hydrogen-bond donors (Lipinski definition) is 4. The topological polar surface area (TPSA) is 95.6 Å². The third-order valence-corrected chi connectivity index (χ3v) is 3.78. The van der Waals surface area contributed by atoms with Gasteiger partial charge in [0.2, 0.25) is 5.91 Å². The van der Waals surface area contributed by atoms with Gasteiger partial charge in [0.25, 0.3) is 0 Å². The predicted molar refractivity (Wildman–Crippen MR) is 71.6 cm³/mol. The van der Waals surface area contributed by atoms with Crippen LogP contribution in [-0.4, -0.2) is 22.2 Å². The maximum absolute atomic E-state index is 11.1. The molecule has 0 aliphatic heterocycles.